The molecule has 0 N–H and O–H groups in total. The summed E-state index contributed by atoms with van der Waals surface area (Å²) in [6, 6.07) is 11.0. The van der Waals surface area contributed by atoms with E-state index >= 15 is 0 Å². The molecule has 0 saturated carbocycles. The topological polar surface area (TPSA) is 62.7 Å². The summed E-state index contributed by atoms with van der Waals surface area (Å²) in [7, 11) is -2.16. The number of nitrogens with zero attached hydrogens (tertiary/aromatic N) is 3. The van der Waals surface area contributed by atoms with E-state index in [0.717, 1.165) is 34.3 Å². The standard InChI is InChI=1S/C20H19ClFN3O3S2/c1-28-16-4-2-3-14(11-16)18-13-29-20(23-18)24-7-9-25(10-8-24)30(26,27)19-6-5-15(22)12-17(19)21/h2-6,11-13H,7-10H2,1H3. The van der Waals surface area contributed by atoms with E-state index in [-0.39, 0.29) is 9.92 Å². The van der Waals surface area contributed by atoms with Crippen molar-refractivity contribution in [1.82, 2.24) is 9.29 Å². The van der Waals surface area contributed by atoms with Crippen LogP contribution in [0.1, 0.15) is 0 Å². The second-order valence-corrected chi connectivity index (χ2v) is 9.86. The van der Waals surface area contributed by atoms with Gasteiger partial charge in [-0.3, -0.25) is 0 Å². The van der Waals surface area contributed by atoms with Crippen LogP contribution in [0.4, 0.5) is 9.52 Å². The van der Waals surface area contributed by atoms with E-state index < -0.39 is 15.8 Å². The van der Waals surface area contributed by atoms with Crippen LogP contribution in [0, 0.1) is 5.82 Å². The quantitative estimate of drug-likeness (QED) is 0.564. The van der Waals surface area contributed by atoms with Gasteiger partial charge in [0.25, 0.3) is 0 Å². The van der Waals surface area contributed by atoms with Gasteiger partial charge in [-0.15, -0.1) is 11.3 Å². The second kappa shape index (κ2) is 8.50. The molecule has 3 aromatic rings. The van der Waals surface area contributed by atoms with Gasteiger partial charge in [0.15, 0.2) is 5.13 Å². The summed E-state index contributed by atoms with van der Waals surface area (Å²) in [5, 5.41) is 2.70. The molecular formula is C20H19ClFN3O3S2. The monoisotopic (exact) mass is 467 g/mol. The van der Waals surface area contributed by atoms with Gasteiger partial charge in [0.05, 0.1) is 17.8 Å². The predicted octanol–water partition coefficient (Wildman–Crippen LogP) is 4.12. The van der Waals surface area contributed by atoms with Crippen molar-refractivity contribution in [1.29, 1.82) is 0 Å². The Morgan fingerprint density at radius 2 is 1.90 bits per heavy atom. The van der Waals surface area contributed by atoms with Crippen LogP contribution < -0.4 is 9.64 Å². The Hall–Kier alpha value is -2.20. The fraction of sp³-hybridized carbons (Fsp3) is 0.250. The minimum absolute atomic E-state index is 0.0754. The first-order valence-corrected chi connectivity index (χ1v) is 11.9. The maximum Gasteiger partial charge on any atom is 0.244 e. The molecule has 2 aromatic carbocycles. The maximum atomic E-state index is 13.3. The number of rotatable bonds is 5. The van der Waals surface area contributed by atoms with Gasteiger partial charge in [0, 0.05) is 37.1 Å². The number of sulfonamides is 1. The molecule has 0 aliphatic carbocycles. The van der Waals surface area contributed by atoms with Crippen molar-refractivity contribution in [2.75, 3.05) is 38.2 Å². The van der Waals surface area contributed by atoms with Crippen LogP contribution in [0.5, 0.6) is 5.75 Å². The van der Waals surface area contributed by atoms with Crippen molar-refractivity contribution in [3.8, 4) is 17.0 Å². The molecule has 0 atom stereocenters. The summed E-state index contributed by atoms with van der Waals surface area (Å²) < 4.78 is 45.7. The molecule has 2 heterocycles. The van der Waals surface area contributed by atoms with Crippen molar-refractivity contribution in [2.24, 2.45) is 0 Å². The molecular weight excluding hydrogens is 449 g/mol. The molecule has 0 spiro atoms. The molecule has 0 bridgehead atoms. The molecule has 4 rings (SSSR count). The fourth-order valence-corrected chi connectivity index (χ4v) is 6.08. The summed E-state index contributed by atoms with van der Waals surface area (Å²) in [4.78, 5) is 6.69. The Morgan fingerprint density at radius 1 is 1.13 bits per heavy atom. The highest BCUT2D eigenvalue weighted by Crippen LogP contribution is 2.31. The zero-order valence-electron chi connectivity index (χ0n) is 16.1. The third-order valence-electron chi connectivity index (χ3n) is 4.88. The van der Waals surface area contributed by atoms with E-state index in [9.17, 15) is 12.8 Å². The van der Waals surface area contributed by atoms with E-state index in [1.54, 1.807) is 7.11 Å². The summed E-state index contributed by atoms with van der Waals surface area (Å²) in [5.74, 6) is 0.194. The fourth-order valence-electron chi connectivity index (χ4n) is 3.27. The maximum absolute atomic E-state index is 13.3. The van der Waals surface area contributed by atoms with Crippen LogP contribution in [0.15, 0.2) is 52.7 Å². The Balaban J connectivity index is 1.46. The van der Waals surface area contributed by atoms with Gasteiger partial charge >= 0.3 is 0 Å². The van der Waals surface area contributed by atoms with Crippen molar-refractivity contribution in [3.63, 3.8) is 0 Å². The van der Waals surface area contributed by atoms with Gasteiger partial charge < -0.3 is 9.64 Å². The van der Waals surface area contributed by atoms with Gasteiger partial charge in [0.2, 0.25) is 10.0 Å². The van der Waals surface area contributed by atoms with Gasteiger partial charge in [0.1, 0.15) is 16.5 Å². The summed E-state index contributed by atoms with van der Waals surface area (Å²) >= 11 is 7.48. The van der Waals surface area contributed by atoms with E-state index in [0.29, 0.717) is 26.2 Å². The number of hydrogen-bond donors (Lipinski definition) is 0. The number of aromatic nitrogens is 1. The number of piperazine rings is 1. The first kappa shape index (κ1) is 21.0. The molecule has 1 saturated heterocycles. The van der Waals surface area contributed by atoms with Crippen molar-refractivity contribution >= 4 is 38.1 Å². The highest BCUT2D eigenvalue weighted by molar-refractivity contribution is 7.89. The number of thiazole rings is 1. The normalized spacial score (nSPS) is 15.4. The highest BCUT2D eigenvalue weighted by atomic mass is 35.5. The molecule has 1 aromatic heterocycles. The molecule has 30 heavy (non-hydrogen) atoms. The highest BCUT2D eigenvalue weighted by Gasteiger charge is 2.31. The molecule has 0 unspecified atom stereocenters. The number of methoxy groups -OCH3 is 1. The summed E-state index contributed by atoms with van der Waals surface area (Å²) in [5.41, 5.74) is 1.81. The lowest BCUT2D eigenvalue weighted by atomic mass is 10.2. The van der Waals surface area contributed by atoms with Crippen LogP contribution in [0.25, 0.3) is 11.3 Å². The van der Waals surface area contributed by atoms with Crippen LogP contribution in [-0.4, -0.2) is 51.0 Å². The summed E-state index contributed by atoms with van der Waals surface area (Å²) in [6.07, 6.45) is 0. The van der Waals surface area contributed by atoms with E-state index in [2.05, 4.69) is 4.90 Å². The van der Waals surface area contributed by atoms with Crippen LogP contribution in [-0.2, 0) is 10.0 Å². The van der Waals surface area contributed by atoms with Gasteiger partial charge in [-0.05, 0) is 30.3 Å². The molecule has 0 amide bonds. The average molecular weight is 468 g/mol. The molecule has 0 radical (unpaired) electrons. The number of halogens is 2. The van der Waals surface area contributed by atoms with Gasteiger partial charge in [-0.2, -0.15) is 4.31 Å². The predicted molar refractivity (Wildman–Crippen MR) is 116 cm³/mol. The van der Waals surface area contributed by atoms with Gasteiger partial charge in [-0.25, -0.2) is 17.8 Å². The Kier molecular flexibility index (Phi) is 5.97. The van der Waals surface area contributed by atoms with E-state index in [1.807, 2.05) is 29.6 Å². The first-order chi connectivity index (χ1) is 14.4. The molecule has 6 nitrogen and oxygen atoms in total. The van der Waals surface area contributed by atoms with Crippen LogP contribution in [0.2, 0.25) is 5.02 Å². The number of anilines is 1. The number of benzene rings is 2. The molecule has 1 fully saturated rings. The SMILES string of the molecule is COc1cccc(-c2csc(N3CCN(S(=O)(=O)c4ccc(F)cc4Cl)CC3)n2)c1. The zero-order chi connectivity index (χ0) is 21.3. The lowest BCUT2D eigenvalue weighted by molar-refractivity contribution is 0.384. The lowest BCUT2D eigenvalue weighted by Crippen LogP contribution is -2.48. The molecule has 1 aliphatic heterocycles. The summed E-state index contributed by atoms with van der Waals surface area (Å²) in [6.45, 7) is 1.60. The number of ether oxygens (including phenoxy) is 1. The molecule has 10 heteroatoms. The van der Waals surface area contributed by atoms with Crippen molar-refractivity contribution in [2.45, 2.75) is 4.90 Å². The van der Waals surface area contributed by atoms with E-state index in [4.69, 9.17) is 21.3 Å². The van der Waals surface area contributed by atoms with Crippen LogP contribution >= 0.6 is 22.9 Å². The molecule has 1 aliphatic rings. The smallest absolute Gasteiger partial charge is 0.244 e. The largest absolute Gasteiger partial charge is 0.497 e. The molecule has 158 valence electrons. The second-order valence-electron chi connectivity index (χ2n) is 6.71. The first-order valence-electron chi connectivity index (χ1n) is 9.18. The third kappa shape index (κ3) is 4.15. The van der Waals surface area contributed by atoms with E-state index in [1.165, 1.54) is 21.7 Å². The Bertz CT molecular complexity index is 1160. The van der Waals surface area contributed by atoms with Crippen molar-refractivity contribution in [3.05, 3.63) is 58.7 Å². The minimum atomic E-state index is -3.78. The Morgan fingerprint density at radius 3 is 2.60 bits per heavy atom. The lowest BCUT2D eigenvalue weighted by Gasteiger charge is -2.33. The third-order valence-corrected chi connectivity index (χ3v) is 8.16. The van der Waals surface area contributed by atoms with Gasteiger partial charge in [-0.1, -0.05) is 23.7 Å². The zero-order valence-corrected chi connectivity index (χ0v) is 18.5. The average Bonchev–Trinajstić information content (AvgIpc) is 3.24. The minimum Gasteiger partial charge on any atom is -0.497 e. The number of hydrogen-bond acceptors (Lipinski definition) is 6. The Labute approximate surface area is 183 Å². The van der Waals surface area contributed by atoms with Crippen LogP contribution in [0.3, 0.4) is 0 Å². The van der Waals surface area contributed by atoms with Crippen molar-refractivity contribution < 1.29 is 17.5 Å².